The summed E-state index contributed by atoms with van der Waals surface area (Å²) in [5.74, 6) is -0.0286. The quantitative estimate of drug-likeness (QED) is 0.799. The van der Waals surface area contributed by atoms with Crippen molar-refractivity contribution in [1.29, 1.82) is 0 Å². The fraction of sp³-hybridized carbons (Fsp3) is 0.529. The second-order valence-electron chi connectivity index (χ2n) is 5.57. The molecule has 0 radical (unpaired) electrons. The van der Waals surface area contributed by atoms with E-state index in [4.69, 9.17) is 4.74 Å². The van der Waals surface area contributed by atoms with Crippen LogP contribution in [0.15, 0.2) is 24.3 Å². The van der Waals surface area contributed by atoms with Gasteiger partial charge in [-0.3, -0.25) is 9.59 Å². The van der Waals surface area contributed by atoms with Crippen LogP contribution in [0.3, 0.4) is 0 Å². The molecule has 1 aliphatic heterocycles. The van der Waals surface area contributed by atoms with Gasteiger partial charge in [-0.05, 0) is 32.3 Å². The van der Waals surface area contributed by atoms with Gasteiger partial charge in [-0.25, -0.2) is 0 Å². The molecule has 1 fully saturated rings. The van der Waals surface area contributed by atoms with Crippen LogP contribution in [0.25, 0.3) is 0 Å². The molecule has 114 valence electrons. The molecule has 0 bridgehead atoms. The van der Waals surface area contributed by atoms with Crippen LogP contribution in [0.2, 0.25) is 0 Å². The highest BCUT2D eigenvalue weighted by Crippen LogP contribution is 2.19. The van der Waals surface area contributed by atoms with Crippen LogP contribution in [0, 0.1) is 12.8 Å². The monoisotopic (exact) mass is 289 g/mol. The number of hydrogen-bond acceptors (Lipinski definition) is 3. The first-order chi connectivity index (χ1) is 10.1. The number of likely N-dealkylation sites (tertiary alicyclic amines) is 1. The van der Waals surface area contributed by atoms with Crippen LogP contribution in [0.1, 0.15) is 30.9 Å². The summed E-state index contributed by atoms with van der Waals surface area (Å²) in [4.78, 5) is 25.8. The normalized spacial score (nSPS) is 15.8. The highest BCUT2D eigenvalue weighted by atomic mass is 16.5. The number of ether oxygens (including phenoxy) is 1. The van der Waals surface area contributed by atoms with Crippen LogP contribution >= 0.6 is 0 Å². The van der Waals surface area contributed by atoms with Crippen molar-refractivity contribution in [3.05, 3.63) is 35.4 Å². The number of rotatable bonds is 4. The molecule has 1 aliphatic rings. The number of benzene rings is 1. The summed E-state index contributed by atoms with van der Waals surface area (Å²) < 4.78 is 5.04. The number of amides is 1. The van der Waals surface area contributed by atoms with Crippen LogP contribution < -0.4 is 0 Å². The molecule has 1 saturated heterocycles. The number of esters is 1. The molecule has 0 atom stereocenters. The number of carbonyl (C=O) groups excluding carboxylic acids is 2. The zero-order valence-electron chi connectivity index (χ0n) is 12.8. The Morgan fingerprint density at radius 1 is 1.29 bits per heavy atom. The summed E-state index contributed by atoms with van der Waals surface area (Å²) in [6, 6.07) is 8.03. The molecule has 0 aromatic heterocycles. The van der Waals surface area contributed by atoms with E-state index in [2.05, 4.69) is 0 Å². The summed E-state index contributed by atoms with van der Waals surface area (Å²) in [7, 11) is 0. The maximum absolute atomic E-state index is 12.3. The molecular formula is C17H23NO3. The molecule has 21 heavy (non-hydrogen) atoms. The van der Waals surface area contributed by atoms with Gasteiger partial charge in [-0.2, -0.15) is 0 Å². The maximum atomic E-state index is 12.3. The summed E-state index contributed by atoms with van der Waals surface area (Å²) >= 11 is 0. The lowest BCUT2D eigenvalue weighted by Gasteiger charge is -2.31. The summed E-state index contributed by atoms with van der Waals surface area (Å²) in [5.41, 5.74) is 2.22. The van der Waals surface area contributed by atoms with Crippen molar-refractivity contribution < 1.29 is 14.3 Å². The molecule has 0 aliphatic carbocycles. The van der Waals surface area contributed by atoms with Crippen LogP contribution in [-0.2, 0) is 20.7 Å². The van der Waals surface area contributed by atoms with E-state index in [1.165, 1.54) is 5.56 Å². The van der Waals surface area contributed by atoms with Crippen molar-refractivity contribution >= 4 is 11.9 Å². The highest BCUT2D eigenvalue weighted by molar-refractivity contribution is 5.79. The fourth-order valence-corrected chi connectivity index (χ4v) is 2.73. The molecule has 0 spiro atoms. The second-order valence-corrected chi connectivity index (χ2v) is 5.57. The van der Waals surface area contributed by atoms with Gasteiger partial charge in [-0.15, -0.1) is 0 Å². The number of nitrogens with zero attached hydrogens (tertiary/aromatic N) is 1. The van der Waals surface area contributed by atoms with Gasteiger partial charge in [0.1, 0.15) is 0 Å². The number of hydrogen-bond donors (Lipinski definition) is 0. The summed E-state index contributed by atoms with van der Waals surface area (Å²) in [6.45, 7) is 5.56. The molecule has 1 aromatic carbocycles. The van der Waals surface area contributed by atoms with Gasteiger partial charge in [-0.1, -0.05) is 29.8 Å². The predicted molar refractivity (Wildman–Crippen MR) is 80.8 cm³/mol. The lowest BCUT2D eigenvalue weighted by Crippen LogP contribution is -2.41. The topological polar surface area (TPSA) is 46.6 Å². The lowest BCUT2D eigenvalue weighted by atomic mass is 9.96. The van der Waals surface area contributed by atoms with Crippen molar-refractivity contribution in [2.24, 2.45) is 5.92 Å². The van der Waals surface area contributed by atoms with E-state index in [1.807, 2.05) is 43.0 Å². The number of carbonyl (C=O) groups is 2. The van der Waals surface area contributed by atoms with E-state index >= 15 is 0 Å². The van der Waals surface area contributed by atoms with E-state index in [-0.39, 0.29) is 17.8 Å². The second kappa shape index (κ2) is 7.25. The largest absolute Gasteiger partial charge is 0.466 e. The van der Waals surface area contributed by atoms with E-state index in [9.17, 15) is 9.59 Å². The van der Waals surface area contributed by atoms with Crippen LogP contribution in [-0.4, -0.2) is 36.5 Å². The Bertz CT molecular complexity index is 505. The lowest BCUT2D eigenvalue weighted by molar-refractivity contribution is -0.151. The molecule has 4 heteroatoms. The summed E-state index contributed by atoms with van der Waals surface area (Å²) in [5, 5.41) is 0. The standard InChI is InChI=1S/C17H23NO3/c1-3-21-17(20)15-7-9-18(10-8-15)16(19)12-14-6-4-5-13(2)11-14/h4-6,11,15H,3,7-10,12H2,1-2H3. The van der Waals surface area contributed by atoms with E-state index in [0.717, 1.165) is 5.56 Å². The van der Waals surface area contributed by atoms with E-state index in [0.29, 0.717) is 39.0 Å². The van der Waals surface area contributed by atoms with Gasteiger partial charge in [0.25, 0.3) is 0 Å². The van der Waals surface area contributed by atoms with Crippen molar-refractivity contribution in [3.8, 4) is 0 Å². The molecule has 1 aromatic rings. The average Bonchev–Trinajstić information content (AvgIpc) is 2.47. The van der Waals surface area contributed by atoms with E-state index in [1.54, 1.807) is 0 Å². The molecule has 1 amide bonds. The molecule has 0 saturated carbocycles. The third-order valence-corrected chi connectivity index (χ3v) is 3.91. The first-order valence-electron chi connectivity index (χ1n) is 7.60. The minimum absolute atomic E-state index is 0.0482. The zero-order chi connectivity index (χ0) is 15.2. The first kappa shape index (κ1) is 15.5. The smallest absolute Gasteiger partial charge is 0.309 e. The summed E-state index contributed by atoms with van der Waals surface area (Å²) in [6.07, 6.45) is 1.85. The fourth-order valence-electron chi connectivity index (χ4n) is 2.73. The number of piperidine rings is 1. The van der Waals surface area contributed by atoms with E-state index < -0.39 is 0 Å². The molecular weight excluding hydrogens is 266 g/mol. The Labute approximate surface area is 126 Å². The first-order valence-corrected chi connectivity index (χ1v) is 7.60. The molecule has 0 N–H and O–H groups in total. The minimum Gasteiger partial charge on any atom is -0.466 e. The highest BCUT2D eigenvalue weighted by Gasteiger charge is 2.28. The van der Waals surface area contributed by atoms with Crippen molar-refractivity contribution in [1.82, 2.24) is 4.90 Å². The Kier molecular flexibility index (Phi) is 5.37. The zero-order valence-corrected chi connectivity index (χ0v) is 12.8. The van der Waals surface area contributed by atoms with Gasteiger partial charge in [0.15, 0.2) is 0 Å². The van der Waals surface area contributed by atoms with Crippen molar-refractivity contribution in [2.45, 2.75) is 33.1 Å². The van der Waals surface area contributed by atoms with Crippen LogP contribution in [0.5, 0.6) is 0 Å². The Morgan fingerprint density at radius 2 is 2.00 bits per heavy atom. The molecule has 4 nitrogen and oxygen atoms in total. The third kappa shape index (κ3) is 4.31. The minimum atomic E-state index is -0.122. The Hall–Kier alpha value is -1.84. The molecule has 1 heterocycles. The Morgan fingerprint density at radius 3 is 2.62 bits per heavy atom. The predicted octanol–water partition coefficient (Wildman–Crippen LogP) is 2.34. The van der Waals surface area contributed by atoms with Gasteiger partial charge in [0.05, 0.1) is 18.9 Å². The maximum Gasteiger partial charge on any atom is 0.309 e. The number of aryl methyl sites for hydroxylation is 1. The molecule has 2 rings (SSSR count). The van der Waals surface area contributed by atoms with Gasteiger partial charge < -0.3 is 9.64 Å². The van der Waals surface area contributed by atoms with Crippen LogP contribution in [0.4, 0.5) is 0 Å². The van der Waals surface area contributed by atoms with Crippen molar-refractivity contribution in [3.63, 3.8) is 0 Å². The van der Waals surface area contributed by atoms with Gasteiger partial charge in [0, 0.05) is 13.1 Å². The Balaban J connectivity index is 1.84. The van der Waals surface area contributed by atoms with Gasteiger partial charge in [0.2, 0.25) is 5.91 Å². The molecule has 0 unspecified atom stereocenters. The average molecular weight is 289 g/mol. The third-order valence-electron chi connectivity index (χ3n) is 3.91. The van der Waals surface area contributed by atoms with Gasteiger partial charge >= 0.3 is 5.97 Å². The van der Waals surface area contributed by atoms with Crippen molar-refractivity contribution in [2.75, 3.05) is 19.7 Å². The SMILES string of the molecule is CCOC(=O)C1CCN(C(=O)Cc2cccc(C)c2)CC1.